The molecule has 1 aromatic carbocycles. The zero-order chi connectivity index (χ0) is 13.7. The highest BCUT2D eigenvalue weighted by Gasteiger charge is 2.61. The first-order valence-electron chi connectivity index (χ1n) is 7.75. The van der Waals surface area contributed by atoms with Crippen LogP contribution in [0.3, 0.4) is 0 Å². The SMILES string of the molecule is O=C(O)C1(Nc2ccccc2)C2CC3CC(C2)CC1C3. The highest BCUT2D eigenvalue weighted by Crippen LogP contribution is 2.59. The number of carboxylic acid groups (broad SMARTS) is 1. The minimum Gasteiger partial charge on any atom is -0.479 e. The van der Waals surface area contributed by atoms with Crippen LogP contribution in [0.4, 0.5) is 5.69 Å². The molecule has 4 aliphatic carbocycles. The molecule has 0 atom stereocenters. The number of para-hydroxylation sites is 1. The van der Waals surface area contributed by atoms with Gasteiger partial charge in [0.15, 0.2) is 0 Å². The molecule has 106 valence electrons. The van der Waals surface area contributed by atoms with Crippen molar-refractivity contribution in [3.05, 3.63) is 30.3 Å². The molecule has 4 bridgehead atoms. The van der Waals surface area contributed by atoms with Gasteiger partial charge in [-0.15, -0.1) is 0 Å². The molecular formula is C17H21NO2. The summed E-state index contributed by atoms with van der Waals surface area (Å²) in [5.74, 6) is 1.52. The molecule has 3 heteroatoms. The van der Waals surface area contributed by atoms with Gasteiger partial charge in [-0.2, -0.15) is 0 Å². The van der Waals surface area contributed by atoms with Crippen molar-refractivity contribution in [3.63, 3.8) is 0 Å². The summed E-state index contributed by atoms with van der Waals surface area (Å²) in [6.07, 6.45) is 5.73. The number of hydrogen-bond donors (Lipinski definition) is 2. The highest BCUT2D eigenvalue weighted by molar-refractivity contribution is 5.84. The average Bonchev–Trinajstić information content (AvgIpc) is 2.43. The van der Waals surface area contributed by atoms with Gasteiger partial charge in [-0.3, -0.25) is 0 Å². The number of anilines is 1. The molecule has 0 amide bonds. The minimum atomic E-state index is -0.727. The van der Waals surface area contributed by atoms with Gasteiger partial charge >= 0.3 is 5.97 Å². The van der Waals surface area contributed by atoms with Gasteiger partial charge in [0, 0.05) is 5.69 Å². The molecule has 0 heterocycles. The first-order valence-corrected chi connectivity index (χ1v) is 7.75. The standard InChI is InChI=1S/C17H21NO2/c19-16(20)17(18-15-4-2-1-3-5-15)13-7-11-6-12(9-13)10-14(17)8-11/h1-5,11-14,18H,6-10H2,(H,19,20). The Bertz CT molecular complexity index is 497. The molecule has 4 saturated carbocycles. The van der Waals surface area contributed by atoms with Crippen molar-refractivity contribution in [2.75, 3.05) is 5.32 Å². The number of benzene rings is 1. The smallest absolute Gasteiger partial charge is 0.329 e. The zero-order valence-corrected chi connectivity index (χ0v) is 11.6. The van der Waals surface area contributed by atoms with Gasteiger partial charge in [0.05, 0.1) is 0 Å². The Morgan fingerprint density at radius 2 is 1.55 bits per heavy atom. The lowest BCUT2D eigenvalue weighted by Crippen LogP contribution is -2.65. The molecule has 0 unspecified atom stereocenters. The third kappa shape index (κ3) is 1.62. The number of aliphatic carboxylic acids is 1. The summed E-state index contributed by atoms with van der Waals surface area (Å²) in [4.78, 5) is 12.2. The molecule has 5 rings (SSSR count). The van der Waals surface area contributed by atoms with E-state index in [4.69, 9.17) is 0 Å². The second-order valence-electron chi connectivity index (χ2n) is 6.97. The Labute approximate surface area is 119 Å². The Morgan fingerprint density at radius 3 is 2.05 bits per heavy atom. The summed E-state index contributed by atoms with van der Waals surface area (Å²) < 4.78 is 0. The van der Waals surface area contributed by atoms with Gasteiger partial charge in [0.1, 0.15) is 5.54 Å². The second kappa shape index (κ2) is 4.24. The van der Waals surface area contributed by atoms with E-state index in [9.17, 15) is 9.90 Å². The van der Waals surface area contributed by atoms with Crippen molar-refractivity contribution in [3.8, 4) is 0 Å². The van der Waals surface area contributed by atoms with Crippen LogP contribution in [-0.4, -0.2) is 16.6 Å². The summed E-state index contributed by atoms with van der Waals surface area (Å²) in [6, 6.07) is 9.86. The Balaban J connectivity index is 1.72. The van der Waals surface area contributed by atoms with Crippen LogP contribution in [0, 0.1) is 23.7 Å². The molecular weight excluding hydrogens is 250 g/mol. The van der Waals surface area contributed by atoms with Gasteiger partial charge < -0.3 is 10.4 Å². The molecule has 0 aromatic heterocycles. The van der Waals surface area contributed by atoms with Crippen molar-refractivity contribution in [1.82, 2.24) is 0 Å². The Morgan fingerprint density at radius 1 is 1.00 bits per heavy atom. The third-order valence-corrected chi connectivity index (χ3v) is 5.90. The number of hydrogen-bond acceptors (Lipinski definition) is 2. The summed E-state index contributed by atoms with van der Waals surface area (Å²) in [5, 5.41) is 13.4. The largest absolute Gasteiger partial charge is 0.479 e. The quantitative estimate of drug-likeness (QED) is 0.886. The fourth-order valence-electron chi connectivity index (χ4n) is 5.29. The molecule has 0 saturated heterocycles. The van der Waals surface area contributed by atoms with Crippen LogP contribution in [0.25, 0.3) is 0 Å². The first kappa shape index (κ1) is 12.2. The van der Waals surface area contributed by atoms with Crippen LogP contribution in [0.5, 0.6) is 0 Å². The molecule has 4 aliphatic rings. The minimum absolute atomic E-state index is 0.302. The predicted octanol–water partition coefficient (Wildman–Crippen LogP) is 3.38. The van der Waals surface area contributed by atoms with Crippen molar-refractivity contribution in [2.45, 2.75) is 37.6 Å². The van der Waals surface area contributed by atoms with Crippen molar-refractivity contribution >= 4 is 11.7 Å². The lowest BCUT2D eigenvalue weighted by atomic mass is 9.48. The van der Waals surface area contributed by atoms with Crippen LogP contribution >= 0.6 is 0 Å². The van der Waals surface area contributed by atoms with Crippen LogP contribution in [-0.2, 0) is 4.79 Å². The number of carbonyl (C=O) groups is 1. The van der Waals surface area contributed by atoms with E-state index in [0.29, 0.717) is 11.8 Å². The molecule has 1 aromatic rings. The maximum Gasteiger partial charge on any atom is 0.329 e. The lowest BCUT2D eigenvalue weighted by Gasteiger charge is -2.59. The van der Waals surface area contributed by atoms with Crippen LogP contribution in [0.2, 0.25) is 0 Å². The van der Waals surface area contributed by atoms with E-state index in [0.717, 1.165) is 43.2 Å². The summed E-state index contributed by atoms with van der Waals surface area (Å²) in [5.41, 5.74) is 0.219. The van der Waals surface area contributed by atoms with E-state index in [1.54, 1.807) is 0 Å². The third-order valence-electron chi connectivity index (χ3n) is 5.90. The van der Waals surface area contributed by atoms with E-state index in [1.165, 1.54) is 6.42 Å². The van der Waals surface area contributed by atoms with E-state index in [-0.39, 0.29) is 0 Å². The molecule has 0 aliphatic heterocycles. The summed E-state index contributed by atoms with van der Waals surface area (Å²) >= 11 is 0. The maximum absolute atomic E-state index is 12.2. The molecule has 2 N–H and O–H groups in total. The topological polar surface area (TPSA) is 49.3 Å². The Kier molecular flexibility index (Phi) is 2.60. The average molecular weight is 271 g/mol. The number of carboxylic acids is 1. The fourth-order valence-corrected chi connectivity index (χ4v) is 5.29. The van der Waals surface area contributed by atoms with Gasteiger partial charge in [0.2, 0.25) is 0 Å². The van der Waals surface area contributed by atoms with E-state index >= 15 is 0 Å². The number of nitrogens with one attached hydrogen (secondary N) is 1. The van der Waals surface area contributed by atoms with Gasteiger partial charge in [-0.1, -0.05) is 18.2 Å². The molecule has 0 radical (unpaired) electrons. The first-order chi connectivity index (χ1) is 9.68. The molecule has 4 fully saturated rings. The normalized spacial score (nSPS) is 41.6. The molecule has 20 heavy (non-hydrogen) atoms. The predicted molar refractivity (Wildman–Crippen MR) is 77.5 cm³/mol. The zero-order valence-electron chi connectivity index (χ0n) is 11.6. The van der Waals surface area contributed by atoms with E-state index in [2.05, 4.69) is 5.32 Å². The van der Waals surface area contributed by atoms with E-state index in [1.807, 2.05) is 30.3 Å². The summed E-state index contributed by atoms with van der Waals surface area (Å²) in [6.45, 7) is 0. The fraction of sp³-hybridized carbons (Fsp3) is 0.588. The number of rotatable bonds is 3. The van der Waals surface area contributed by atoms with E-state index < -0.39 is 11.5 Å². The van der Waals surface area contributed by atoms with Gasteiger partial charge in [0.25, 0.3) is 0 Å². The second-order valence-corrected chi connectivity index (χ2v) is 6.97. The van der Waals surface area contributed by atoms with Crippen molar-refractivity contribution in [1.29, 1.82) is 0 Å². The van der Waals surface area contributed by atoms with Crippen LogP contribution in [0.15, 0.2) is 30.3 Å². The van der Waals surface area contributed by atoms with Crippen LogP contribution in [0.1, 0.15) is 32.1 Å². The van der Waals surface area contributed by atoms with Crippen LogP contribution < -0.4 is 5.32 Å². The van der Waals surface area contributed by atoms with Crippen molar-refractivity contribution in [2.24, 2.45) is 23.7 Å². The summed E-state index contributed by atoms with van der Waals surface area (Å²) in [7, 11) is 0. The Hall–Kier alpha value is -1.51. The molecule has 0 spiro atoms. The highest BCUT2D eigenvalue weighted by atomic mass is 16.4. The van der Waals surface area contributed by atoms with Gasteiger partial charge in [-0.25, -0.2) is 4.79 Å². The maximum atomic E-state index is 12.2. The monoisotopic (exact) mass is 271 g/mol. The lowest BCUT2D eigenvalue weighted by molar-refractivity contribution is -0.157. The van der Waals surface area contributed by atoms with Crippen molar-refractivity contribution < 1.29 is 9.90 Å². The van der Waals surface area contributed by atoms with Gasteiger partial charge in [-0.05, 0) is 67.9 Å². The molecule has 3 nitrogen and oxygen atoms in total.